The lowest BCUT2D eigenvalue weighted by Crippen LogP contribution is -2.35. The van der Waals surface area contributed by atoms with Gasteiger partial charge in [0.15, 0.2) is 5.96 Å². The molecule has 1 rings (SSSR count). The maximum Gasteiger partial charge on any atom is 0.222 e. The second-order valence-corrected chi connectivity index (χ2v) is 4.60. The van der Waals surface area contributed by atoms with Gasteiger partial charge in [-0.1, -0.05) is 42.5 Å². The van der Waals surface area contributed by atoms with Gasteiger partial charge in [-0.2, -0.15) is 0 Å². The third-order valence-electron chi connectivity index (χ3n) is 2.51. The standard InChI is InChI=1S/C15H22N4O.HI/c1-12(2)10-19-15(16)17-9-8-14(20)18-11-13-6-4-3-5-7-13;/h3-7H,1,8-11H2,2H3,(H,18,20)(H3,16,17,19);1H. The van der Waals surface area contributed by atoms with E-state index in [-0.39, 0.29) is 29.9 Å². The Morgan fingerprint density at radius 2 is 1.95 bits per heavy atom. The van der Waals surface area contributed by atoms with E-state index in [9.17, 15) is 4.79 Å². The molecule has 0 radical (unpaired) electrons. The van der Waals surface area contributed by atoms with Crippen LogP contribution >= 0.6 is 24.0 Å². The molecule has 116 valence electrons. The highest BCUT2D eigenvalue weighted by molar-refractivity contribution is 14.0. The summed E-state index contributed by atoms with van der Waals surface area (Å²) in [6, 6.07) is 9.79. The minimum atomic E-state index is -0.0194. The molecule has 0 aliphatic carbocycles. The predicted molar refractivity (Wildman–Crippen MR) is 97.6 cm³/mol. The van der Waals surface area contributed by atoms with Crippen LogP contribution in [0.15, 0.2) is 47.5 Å². The first-order valence-electron chi connectivity index (χ1n) is 6.56. The van der Waals surface area contributed by atoms with Crippen LogP contribution in [0.25, 0.3) is 0 Å². The van der Waals surface area contributed by atoms with Gasteiger partial charge in [0.05, 0.1) is 6.54 Å². The second-order valence-electron chi connectivity index (χ2n) is 4.60. The number of carbonyl (C=O) groups is 1. The molecule has 0 spiro atoms. The number of hydrogen-bond acceptors (Lipinski definition) is 2. The highest BCUT2D eigenvalue weighted by Crippen LogP contribution is 1.97. The molecule has 1 amide bonds. The Balaban J connectivity index is 0.00000400. The van der Waals surface area contributed by atoms with Crippen molar-refractivity contribution in [2.45, 2.75) is 19.9 Å². The van der Waals surface area contributed by atoms with Crippen molar-refractivity contribution in [3.8, 4) is 0 Å². The number of amides is 1. The van der Waals surface area contributed by atoms with Gasteiger partial charge < -0.3 is 16.4 Å². The molecular weight excluding hydrogens is 379 g/mol. The van der Waals surface area contributed by atoms with Gasteiger partial charge in [0.1, 0.15) is 0 Å². The quantitative estimate of drug-likeness (QED) is 0.282. The molecule has 0 aromatic heterocycles. The van der Waals surface area contributed by atoms with Crippen molar-refractivity contribution in [1.82, 2.24) is 10.6 Å². The minimum Gasteiger partial charge on any atom is -0.370 e. The lowest BCUT2D eigenvalue weighted by molar-refractivity contribution is -0.121. The van der Waals surface area contributed by atoms with Gasteiger partial charge in [-0.05, 0) is 12.5 Å². The Hall–Kier alpha value is -1.57. The Labute approximate surface area is 143 Å². The fraction of sp³-hybridized carbons (Fsp3) is 0.333. The van der Waals surface area contributed by atoms with Crippen molar-refractivity contribution in [2.24, 2.45) is 10.7 Å². The first kappa shape index (κ1) is 19.4. The Morgan fingerprint density at radius 1 is 1.29 bits per heavy atom. The number of nitrogens with one attached hydrogen (secondary N) is 2. The first-order valence-corrected chi connectivity index (χ1v) is 6.56. The van der Waals surface area contributed by atoms with Crippen molar-refractivity contribution >= 4 is 35.8 Å². The zero-order chi connectivity index (χ0) is 14.8. The summed E-state index contributed by atoms with van der Waals surface area (Å²) in [4.78, 5) is 15.7. The molecule has 0 saturated heterocycles. The largest absolute Gasteiger partial charge is 0.370 e. The summed E-state index contributed by atoms with van der Waals surface area (Å²) in [5.74, 6) is 0.318. The maximum atomic E-state index is 11.6. The van der Waals surface area contributed by atoms with Gasteiger partial charge in [0, 0.05) is 19.5 Å². The van der Waals surface area contributed by atoms with E-state index in [1.54, 1.807) is 0 Å². The first-order chi connectivity index (χ1) is 9.58. The highest BCUT2D eigenvalue weighted by Gasteiger charge is 2.01. The minimum absolute atomic E-state index is 0. The molecule has 0 heterocycles. The fourth-order valence-corrected chi connectivity index (χ4v) is 1.47. The molecule has 0 aliphatic rings. The lowest BCUT2D eigenvalue weighted by atomic mass is 10.2. The van der Waals surface area contributed by atoms with Crippen LogP contribution in [0, 0.1) is 0 Å². The summed E-state index contributed by atoms with van der Waals surface area (Å²) < 4.78 is 0. The normalized spacial score (nSPS) is 10.4. The van der Waals surface area contributed by atoms with Crippen LogP contribution in [-0.4, -0.2) is 25.0 Å². The number of benzene rings is 1. The number of rotatable bonds is 7. The van der Waals surface area contributed by atoms with E-state index in [0.29, 0.717) is 32.0 Å². The molecule has 0 saturated carbocycles. The molecule has 0 unspecified atom stereocenters. The van der Waals surface area contributed by atoms with Crippen molar-refractivity contribution in [3.05, 3.63) is 48.0 Å². The van der Waals surface area contributed by atoms with Crippen LogP contribution in [-0.2, 0) is 11.3 Å². The average Bonchev–Trinajstić information content (AvgIpc) is 2.44. The van der Waals surface area contributed by atoms with Gasteiger partial charge in [0.25, 0.3) is 0 Å². The highest BCUT2D eigenvalue weighted by atomic mass is 127. The van der Waals surface area contributed by atoms with E-state index >= 15 is 0 Å². The molecular formula is C15H23IN4O. The lowest BCUT2D eigenvalue weighted by Gasteiger charge is -2.07. The van der Waals surface area contributed by atoms with Gasteiger partial charge in [-0.3, -0.25) is 4.79 Å². The number of nitrogens with two attached hydrogens (primary N) is 1. The number of carbonyl (C=O) groups excluding carboxylic acids is 1. The zero-order valence-electron chi connectivity index (χ0n) is 12.3. The van der Waals surface area contributed by atoms with E-state index in [1.807, 2.05) is 37.3 Å². The number of halogens is 1. The summed E-state index contributed by atoms with van der Waals surface area (Å²) in [6.45, 7) is 7.12. The average molecular weight is 402 g/mol. The molecule has 0 atom stereocenters. The molecule has 1 aromatic rings. The molecule has 6 heteroatoms. The van der Waals surface area contributed by atoms with E-state index in [4.69, 9.17) is 5.73 Å². The van der Waals surface area contributed by atoms with Crippen molar-refractivity contribution < 1.29 is 4.79 Å². The van der Waals surface area contributed by atoms with Crippen LogP contribution in [0.5, 0.6) is 0 Å². The number of aliphatic imine (C=N–C) groups is 1. The van der Waals surface area contributed by atoms with Crippen LogP contribution in [0.4, 0.5) is 0 Å². The fourth-order valence-electron chi connectivity index (χ4n) is 1.47. The third-order valence-corrected chi connectivity index (χ3v) is 2.51. The second kappa shape index (κ2) is 11.1. The maximum absolute atomic E-state index is 11.6. The van der Waals surface area contributed by atoms with Gasteiger partial charge in [-0.25, -0.2) is 4.99 Å². The third kappa shape index (κ3) is 9.89. The smallest absolute Gasteiger partial charge is 0.222 e. The van der Waals surface area contributed by atoms with E-state index < -0.39 is 0 Å². The molecule has 21 heavy (non-hydrogen) atoms. The van der Waals surface area contributed by atoms with Crippen LogP contribution in [0.2, 0.25) is 0 Å². The molecule has 0 aliphatic heterocycles. The molecule has 5 nitrogen and oxygen atoms in total. The van der Waals surface area contributed by atoms with Crippen molar-refractivity contribution in [2.75, 3.05) is 13.1 Å². The SMILES string of the molecule is C=C(C)CN=C(N)NCCC(=O)NCc1ccccc1.I. The van der Waals surface area contributed by atoms with Crippen molar-refractivity contribution in [3.63, 3.8) is 0 Å². The summed E-state index contributed by atoms with van der Waals surface area (Å²) in [5, 5.41) is 5.74. The van der Waals surface area contributed by atoms with Gasteiger partial charge in [-0.15, -0.1) is 24.0 Å². The summed E-state index contributed by atoms with van der Waals surface area (Å²) >= 11 is 0. The number of hydrogen-bond donors (Lipinski definition) is 3. The van der Waals surface area contributed by atoms with Crippen LogP contribution < -0.4 is 16.4 Å². The Morgan fingerprint density at radius 3 is 2.57 bits per heavy atom. The van der Waals surface area contributed by atoms with E-state index in [1.165, 1.54) is 0 Å². The van der Waals surface area contributed by atoms with Crippen LogP contribution in [0.1, 0.15) is 18.9 Å². The van der Waals surface area contributed by atoms with Gasteiger partial charge in [0.2, 0.25) is 5.91 Å². The Bertz CT molecular complexity index is 474. The molecule has 1 aromatic carbocycles. The van der Waals surface area contributed by atoms with Crippen LogP contribution in [0.3, 0.4) is 0 Å². The summed E-state index contributed by atoms with van der Waals surface area (Å²) in [7, 11) is 0. The van der Waals surface area contributed by atoms with E-state index in [2.05, 4.69) is 22.2 Å². The van der Waals surface area contributed by atoms with E-state index in [0.717, 1.165) is 11.1 Å². The Kier molecular flexibility index (Phi) is 10.3. The monoisotopic (exact) mass is 402 g/mol. The van der Waals surface area contributed by atoms with Gasteiger partial charge >= 0.3 is 0 Å². The summed E-state index contributed by atoms with van der Waals surface area (Å²) in [5.41, 5.74) is 7.66. The topological polar surface area (TPSA) is 79.5 Å². The zero-order valence-corrected chi connectivity index (χ0v) is 14.6. The molecule has 0 bridgehead atoms. The number of guanidine groups is 1. The van der Waals surface area contributed by atoms with Crippen molar-refractivity contribution in [1.29, 1.82) is 0 Å². The summed E-state index contributed by atoms with van der Waals surface area (Å²) in [6.07, 6.45) is 0.357. The number of nitrogens with zero attached hydrogens (tertiary/aromatic N) is 1. The molecule has 4 N–H and O–H groups in total. The predicted octanol–water partition coefficient (Wildman–Crippen LogP) is 1.79. The molecule has 0 fully saturated rings.